The number of aliphatic hydroxyl groups excluding tert-OH is 1. The Bertz CT molecular complexity index is 791. The summed E-state index contributed by atoms with van der Waals surface area (Å²) < 4.78 is 18.0. The van der Waals surface area contributed by atoms with Crippen molar-refractivity contribution in [2.24, 2.45) is 23.7 Å². The Labute approximate surface area is 191 Å². The van der Waals surface area contributed by atoms with Crippen LogP contribution in [0.2, 0.25) is 0 Å². The number of rotatable bonds is 7. The van der Waals surface area contributed by atoms with Gasteiger partial charge in [-0.2, -0.15) is 0 Å². The van der Waals surface area contributed by atoms with Crippen LogP contribution in [-0.2, 0) is 38.4 Å². The zero-order valence-corrected chi connectivity index (χ0v) is 19.2. The Kier molecular flexibility index (Phi) is 6.71. The molecule has 2 bridgehead atoms. The summed E-state index contributed by atoms with van der Waals surface area (Å²) in [7, 11) is 0. The minimum absolute atomic E-state index is 0.00192. The fourth-order valence-corrected chi connectivity index (χ4v) is 5.86. The van der Waals surface area contributed by atoms with Crippen LogP contribution in [0.1, 0.15) is 59.3 Å². The quantitative estimate of drug-likeness (QED) is 0.363. The molecule has 1 aliphatic carbocycles. The number of aliphatic hydroxyl groups is 1. The van der Waals surface area contributed by atoms with Crippen LogP contribution in [-0.4, -0.2) is 64.7 Å². The molecule has 4 aliphatic heterocycles. The minimum Gasteiger partial charge on any atom is -0.480 e. The largest absolute Gasteiger partial charge is 0.480 e. The molecule has 11 nitrogen and oxygen atoms in total. The molecule has 0 aromatic rings. The van der Waals surface area contributed by atoms with E-state index in [1.165, 1.54) is 0 Å². The zero-order valence-electron chi connectivity index (χ0n) is 19.2. The molecular weight excluding hydrogens is 438 g/mol. The highest BCUT2D eigenvalue weighted by molar-refractivity contribution is 5.85. The van der Waals surface area contributed by atoms with Gasteiger partial charge in [-0.05, 0) is 38.0 Å². The number of hydrogen-bond donors (Lipinski definition) is 3. The third-order valence-electron chi connectivity index (χ3n) is 7.72. The van der Waals surface area contributed by atoms with Gasteiger partial charge >= 0.3 is 11.9 Å². The van der Waals surface area contributed by atoms with E-state index in [9.17, 15) is 14.4 Å². The lowest BCUT2D eigenvalue weighted by molar-refractivity contribution is -0.576. The molecule has 0 aromatic heterocycles. The van der Waals surface area contributed by atoms with Crippen LogP contribution in [0, 0.1) is 23.7 Å². The van der Waals surface area contributed by atoms with Gasteiger partial charge in [0.2, 0.25) is 18.0 Å². The molecule has 4 heterocycles. The number of hydrogen-bond acceptors (Lipinski definition) is 9. The number of carboxylic acid groups (broad SMARTS) is 1. The molecule has 5 aliphatic rings. The van der Waals surface area contributed by atoms with Gasteiger partial charge in [0, 0.05) is 24.7 Å². The first-order valence-electron chi connectivity index (χ1n) is 11.6. The molecule has 0 radical (unpaired) electrons. The van der Waals surface area contributed by atoms with Crippen LogP contribution in [0.15, 0.2) is 0 Å². The number of carbonyl (C=O) groups excluding carboxylic acids is 2. The van der Waals surface area contributed by atoms with E-state index in [1.807, 2.05) is 13.8 Å². The number of aliphatic carboxylic acids is 1. The molecule has 0 aromatic carbocycles. The highest BCUT2D eigenvalue weighted by Crippen LogP contribution is 2.60. The third kappa shape index (κ3) is 4.37. The van der Waals surface area contributed by atoms with Gasteiger partial charge in [0.1, 0.15) is 6.04 Å². The van der Waals surface area contributed by atoms with Crippen molar-refractivity contribution >= 4 is 17.8 Å². The molecule has 5 rings (SSSR count). The number of esters is 1. The standard InChI is InChI=1S/C22H33NO10/c1-11-4-5-14-12(2)19(29-17(26)7-6-16(25)23-15(10-24)18(27)28)30-20-22(14)13(11)8-9-21(3,31-20)32-33-22/h11-15,19-20,24H,4-10H2,1-3H3,(H,23,25)(H,27,28)/t11-,12-,13+,14+,15+,19-,20-,21-,22-/m1/s1. The van der Waals surface area contributed by atoms with Gasteiger partial charge < -0.3 is 29.7 Å². The number of amides is 1. The predicted molar refractivity (Wildman–Crippen MR) is 109 cm³/mol. The van der Waals surface area contributed by atoms with E-state index in [0.717, 1.165) is 19.3 Å². The summed E-state index contributed by atoms with van der Waals surface area (Å²) in [4.78, 5) is 47.1. The van der Waals surface area contributed by atoms with Crippen molar-refractivity contribution in [3.8, 4) is 0 Å². The van der Waals surface area contributed by atoms with Crippen LogP contribution < -0.4 is 5.32 Å². The summed E-state index contributed by atoms with van der Waals surface area (Å²) in [6, 6.07) is -1.42. The fraction of sp³-hybridized carbons (Fsp3) is 0.864. The van der Waals surface area contributed by atoms with Crippen molar-refractivity contribution in [2.45, 2.75) is 89.3 Å². The topological polar surface area (TPSA) is 150 Å². The Hall–Kier alpha value is -1.79. The van der Waals surface area contributed by atoms with E-state index in [-0.39, 0.29) is 30.6 Å². The van der Waals surface area contributed by atoms with Crippen LogP contribution in [0.4, 0.5) is 0 Å². The monoisotopic (exact) mass is 471 g/mol. The minimum atomic E-state index is -1.42. The van der Waals surface area contributed by atoms with Gasteiger partial charge in [-0.25, -0.2) is 14.6 Å². The molecule has 4 saturated heterocycles. The maximum atomic E-state index is 12.5. The first kappa shape index (κ1) is 24.3. The molecule has 11 heteroatoms. The van der Waals surface area contributed by atoms with Crippen LogP contribution in [0.5, 0.6) is 0 Å². The van der Waals surface area contributed by atoms with Crippen molar-refractivity contribution < 1.29 is 48.6 Å². The number of ether oxygens (including phenoxy) is 3. The summed E-state index contributed by atoms with van der Waals surface area (Å²) in [5, 5.41) is 20.0. The molecule has 186 valence electrons. The van der Waals surface area contributed by atoms with Crippen LogP contribution >= 0.6 is 0 Å². The van der Waals surface area contributed by atoms with E-state index in [2.05, 4.69) is 12.2 Å². The van der Waals surface area contributed by atoms with Gasteiger partial charge in [0.05, 0.1) is 13.0 Å². The molecule has 1 spiro atoms. The summed E-state index contributed by atoms with van der Waals surface area (Å²) in [5.74, 6) is -3.17. The van der Waals surface area contributed by atoms with Crippen molar-refractivity contribution in [1.82, 2.24) is 5.32 Å². The fourth-order valence-electron chi connectivity index (χ4n) is 5.86. The van der Waals surface area contributed by atoms with Crippen molar-refractivity contribution in [2.75, 3.05) is 6.61 Å². The Balaban J connectivity index is 1.41. The molecule has 1 saturated carbocycles. The predicted octanol–water partition coefficient (Wildman–Crippen LogP) is 1.08. The molecule has 0 unspecified atom stereocenters. The average molecular weight is 472 g/mol. The maximum Gasteiger partial charge on any atom is 0.328 e. The number of fused-ring (bicyclic) bond motifs is 2. The third-order valence-corrected chi connectivity index (χ3v) is 7.72. The Morgan fingerprint density at radius 3 is 2.58 bits per heavy atom. The van der Waals surface area contributed by atoms with Crippen LogP contribution in [0.3, 0.4) is 0 Å². The van der Waals surface area contributed by atoms with E-state index in [4.69, 9.17) is 34.2 Å². The lowest BCUT2D eigenvalue weighted by Crippen LogP contribution is -2.70. The SMILES string of the molecule is C[C@H]1[C@H](OC(=O)CCC(=O)N[C@@H](CO)C(=O)O)O[C@@H]2O[C@@]3(C)CC[C@H]4[C@H](C)CC[C@@H]1[C@@]24OO3. The van der Waals surface area contributed by atoms with E-state index in [0.29, 0.717) is 12.3 Å². The van der Waals surface area contributed by atoms with Gasteiger partial charge in [0.15, 0.2) is 11.9 Å². The van der Waals surface area contributed by atoms with E-state index >= 15 is 0 Å². The van der Waals surface area contributed by atoms with Gasteiger partial charge in [-0.15, -0.1) is 0 Å². The van der Waals surface area contributed by atoms with Crippen molar-refractivity contribution in [3.63, 3.8) is 0 Å². The zero-order chi connectivity index (χ0) is 24.0. The van der Waals surface area contributed by atoms with Crippen molar-refractivity contribution in [1.29, 1.82) is 0 Å². The first-order valence-corrected chi connectivity index (χ1v) is 11.6. The molecule has 3 N–H and O–H groups in total. The second-order valence-electron chi connectivity index (χ2n) is 9.90. The molecular formula is C22H33NO10. The summed E-state index contributed by atoms with van der Waals surface area (Å²) >= 11 is 0. The highest BCUT2D eigenvalue weighted by atomic mass is 17.3. The highest BCUT2D eigenvalue weighted by Gasteiger charge is 2.69. The number of carbonyl (C=O) groups is 3. The lowest BCUT2D eigenvalue weighted by Gasteiger charge is -2.59. The Morgan fingerprint density at radius 2 is 1.88 bits per heavy atom. The van der Waals surface area contributed by atoms with Crippen LogP contribution in [0.25, 0.3) is 0 Å². The first-order chi connectivity index (χ1) is 15.6. The summed E-state index contributed by atoms with van der Waals surface area (Å²) in [6.07, 6.45) is 1.31. The summed E-state index contributed by atoms with van der Waals surface area (Å²) in [5.41, 5.74) is -0.758. The molecule has 5 fully saturated rings. The lowest BCUT2D eigenvalue weighted by atomic mass is 9.58. The number of carboxylic acids is 1. The van der Waals surface area contributed by atoms with E-state index < -0.39 is 54.5 Å². The maximum absolute atomic E-state index is 12.5. The van der Waals surface area contributed by atoms with Gasteiger partial charge in [0.25, 0.3) is 0 Å². The molecule has 1 amide bonds. The normalized spacial score (nSPS) is 42.5. The number of nitrogens with one attached hydrogen (secondary N) is 1. The molecule has 33 heavy (non-hydrogen) atoms. The van der Waals surface area contributed by atoms with Gasteiger partial charge in [-0.3, -0.25) is 9.59 Å². The van der Waals surface area contributed by atoms with Gasteiger partial charge in [-0.1, -0.05) is 13.8 Å². The van der Waals surface area contributed by atoms with E-state index in [1.54, 1.807) is 0 Å². The second kappa shape index (κ2) is 9.10. The molecule has 9 atom stereocenters. The second-order valence-corrected chi connectivity index (χ2v) is 9.90. The summed E-state index contributed by atoms with van der Waals surface area (Å²) in [6.45, 7) is 5.24. The Morgan fingerprint density at radius 1 is 1.12 bits per heavy atom. The van der Waals surface area contributed by atoms with Crippen molar-refractivity contribution in [3.05, 3.63) is 0 Å². The average Bonchev–Trinajstić information content (AvgIpc) is 3.00. The smallest absolute Gasteiger partial charge is 0.328 e.